The Morgan fingerprint density at radius 2 is 2.14 bits per heavy atom. The number of hydrogen-bond donors (Lipinski definition) is 0. The zero-order chi connectivity index (χ0) is 15.0. The van der Waals surface area contributed by atoms with Crippen LogP contribution in [0.4, 0.5) is 0 Å². The number of hydrogen-bond acceptors (Lipinski definition) is 5. The molecule has 0 radical (unpaired) electrons. The Morgan fingerprint density at radius 1 is 1.38 bits per heavy atom. The van der Waals surface area contributed by atoms with Crippen LogP contribution in [-0.2, 0) is 15.6 Å². The van der Waals surface area contributed by atoms with Crippen LogP contribution in [0.25, 0.3) is 0 Å². The predicted octanol–water partition coefficient (Wildman–Crippen LogP) is 2.11. The number of imidazole rings is 1. The Balaban J connectivity index is 1.99. The van der Waals surface area contributed by atoms with Crippen LogP contribution in [-0.4, -0.2) is 28.2 Å². The first kappa shape index (κ1) is 14.2. The molecule has 2 aromatic heterocycles. The van der Waals surface area contributed by atoms with Gasteiger partial charge in [0.1, 0.15) is 5.75 Å². The number of aromatic nitrogens is 4. The van der Waals surface area contributed by atoms with Crippen molar-refractivity contribution in [3.63, 3.8) is 0 Å². The van der Waals surface area contributed by atoms with Crippen LogP contribution in [0.2, 0.25) is 0 Å². The zero-order valence-corrected chi connectivity index (χ0v) is 12.9. The largest absolute Gasteiger partial charge is 0.316 e. The second-order valence-electron chi connectivity index (χ2n) is 5.70. The Hall–Kier alpha value is -1.76. The first-order valence-electron chi connectivity index (χ1n) is 7.05. The van der Waals surface area contributed by atoms with Crippen LogP contribution in [0.5, 0.6) is 0 Å². The summed E-state index contributed by atoms with van der Waals surface area (Å²) in [5.74, 6) is 0.0841. The lowest BCUT2D eigenvalue weighted by molar-refractivity contribution is 0.550. The summed E-state index contributed by atoms with van der Waals surface area (Å²) in [6.07, 6.45) is 5.25. The summed E-state index contributed by atoms with van der Waals surface area (Å²) in [4.78, 5) is 4.19. The van der Waals surface area contributed by atoms with Crippen LogP contribution in [0.1, 0.15) is 50.0 Å². The lowest BCUT2D eigenvalue weighted by Crippen LogP contribution is -2.15. The van der Waals surface area contributed by atoms with Crippen molar-refractivity contribution in [2.24, 2.45) is 0 Å². The van der Waals surface area contributed by atoms with Gasteiger partial charge in [-0.05, 0) is 30.9 Å². The maximum absolute atomic E-state index is 12.6. The van der Waals surface area contributed by atoms with Crippen molar-refractivity contribution in [3.8, 4) is 0 Å². The van der Waals surface area contributed by atoms with E-state index >= 15 is 0 Å². The van der Waals surface area contributed by atoms with E-state index in [0.29, 0.717) is 5.69 Å². The van der Waals surface area contributed by atoms with Gasteiger partial charge in [0, 0.05) is 24.1 Å². The fraction of sp³-hybridized carbons (Fsp3) is 0.500. The normalized spacial score (nSPS) is 15.6. The fourth-order valence-corrected chi connectivity index (χ4v) is 3.82. The van der Waals surface area contributed by atoms with Gasteiger partial charge in [0.2, 0.25) is 15.0 Å². The van der Waals surface area contributed by atoms with Gasteiger partial charge in [-0.25, -0.2) is 13.4 Å². The first-order chi connectivity index (χ1) is 9.99. The third-order valence-corrected chi connectivity index (χ3v) is 5.07. The second-order valence-corrected chi connectivity index (χ2v) is 7.58. The van der Waals surface area contributed by atoms with Gasteiger partial charge in [-0.2, -0.15) is 10.2 Å². The van der Waals surface area contributed by atoms with Crippen LogP contribution < -0.4 is 0 Å². The smallest absolute Gasteiger partial charge is 0.228 e. The van der Waals surface area contributed by atoms with Crippen LogP contribution in [0.15, 0.2) is 29.7 Å². The lowest BCUT2D eigenvalue weighted by atomic mass is 10.1. The summed E-state index contributed by atoms with van der Waals surface area (Å²) < 4.78 is 27.2. The Morgan fingerprint density at radius 3 is 2.71 bits per heavy atom. The van der Waals surface area contributed by atoms with E-state index in [9.17, 15) is 8.42 Å². The third-order valence-electron chi connectivity index (χ3n) is 3.54. The number of rotatable bonds is 5. The van der Waals surface area contributed by atoms with E-state index in [1.54, 1.807) is 18.3 Å². The molecule has 0 atom stereocenters. The average Bonchev–Trinajstić information content (AvgIpc) is 3.16. The summed E-state index contributed by atoms with van der Waals surface area (Å²) in [6, 6.07) is 3.62. The highest BCUT2D eigenvalue weighted by Gasteiger charge is 2.34. The van der Waals surface area contributed by atoms with E-state index < -0.39 is 9.84 Å². The van der Waals surface area contributed by atoms with Crippen LogP contribution >= 0.6 is 0 Å². The van der Waals surface area contributed by atoms with E-state index in [-0.39, 0.29) is 22.9 Å². The molecule has 0 saturated heterocycles. The van der Waals surface area contributed by atoms with Crippen molar-refractivity contribution in [1.82, 2.24) is 19.7 Å². The quantitative estimate of drug-likeness (QED) is 0.845. The van der Waals surface area contributed by atoms with E-state index in [1.165, 1.54) is 6.20 Å². The van der Waals surface area contributed by atoms with E-state index in [0.717, 1.165) is 18.5 Å². The van der Waals surface area contributed by atoms with Crippen molar-refractivity contribution < 1.29 is 8.42 Å². The molecule has 6 nitrogen and oxygen atoms in total. The zero-order valence-electron chi connectivity index (χ0n) is 12.1. The molecule has 0 bridgehead atoms. The molecule has 0 aliphatic heterocycles. The molecule has 3 rings (SSSR count). The molecule has 1 aliphatic carbocycles. The van der Waals surface area contributed by atoms with E-state index in [4.69, 9.17) is 0 Å². The average molecular weight is 306 g/mol. The monoisotopic (exact) mass is 306 g/mol. The van der Waals surface area contributed by atoms with Crippen molar-refractivity contribution >= 4 is 9.84 Å². The van der Waals surface area contributed by atoms with Gasteiger partial charge < -0.3 is 4.57 Å². The fourth-order valence-electron chi connectivity index (χ4n) is 2.38. The number of nitrogens with zero attached hydrogens (tertiary/aromatic N) is 4. The van der Waals surface area contributed by atoms with Crippen molar-refractivity contribution in [2.75, 3.05) is 0 Å². The second kappa shape index (κ2) is 5.22. The summed E-state index contributed by atoms with van der Waals surface area (Å²) in [6.45, 7) is 4.10. The minimum atomic E-state index is -3.51. The minimum absolute atomic E-state index is 0.165. The van der Waals surface area contributed by atoms with Gasteiger partial charge in [-0.3, -0.25) is 0 Å². The number of sulfone groups is 1. The molecular weight excluding hydrogens is 288 g/mol. The molecule has 1 fully saturated rings. The molecule has 2 heterocycles. The van der Waals surface area contributed by atoms with Crippen LogP contribution in [0.3, 0.4) is 0 Å². The van der Waals surface area contributed by atoms with E-state index in [1.807, 2.05) is 4.57 Å². The molecule has 0 unspecified atom stereocenters. The van der Waals surface area contributed by atoms with Gasteiger partial charge in [0.25, 0.3) is 0 Å². The Labute approximate surface area is 124 Å². The molecule has 2 aromatic rings. The molecular formula is C14H18N4O2S. The van der Waals surface area contributed by atoms with E-state index in [2.05, 4.69) is 29.0 Å². The van der Waals surface area contributed by atoms with Gasteiger partial charge >= 0.3 is 0 Å². The van der Waals surface area contributed by atoms with Gasteiger partial charge in [-0.15, -0.1) is 0 Å². The summed E-state index contributed by atoms with van der Waals surface area (Å²) in [5.41, 5.74) is 1.42. The van der Waals surface area contributed by atoms with Crippen molar-refractivity contribution in [2.45, 2.75) is 49.6 Å². The first-order valence-corrected chi connectivity index (χ1v) is 8.70. The molecule has 7 heteroatoms. The Bertz CT molecular complexity index is 734. The third kappa shape index (κ3) is 2.83. The summed E-state index contributed by atoms with van der Waals surface area (Å²) >= 11 is 0. The Kier molecular flexibility index (Phi) is 3.52. The highest BCUT2D eigenvalue weighted by atomic mass is 32.2. The van der Waals surface area contributed by atoms with Crippen molar-refractivity contribution in [1.29, 1.82) is 0 Å². The van der Waals surface area contributed by atoms with Crippen LogP contribution in [0, 0.1) is 0 Å². The molecule has 0 amide bonds. The SMILES string of the molecule is CC(C)c1cnc(S(=O)(=O)Cc2cccnn2)n1C1CC1. The highest BCUT2D eigenvalue weighted by Crippen LogP contribution is 2.40. The molecule has 1 aliphatic rings. The highest BCUT2D eigenvalue weighted by molar-refractivity contribution is 7.90. The molecule has 0 aromatic carbocycles. The van der Waals surface area contributed by atoms with Gasteiger partial charge in [-0.1, -0.05) is 13.8 Å². The molecule has 112 valence electrons. The van der Waals surface area contributed by atoms with Gasteiger partial charge in [0.15, 0.2) is 0 Å². The molecule has 0 spiro atoms. The molecule has 21 heavy (non-hydrogen) atoms. The predicted molar refractivity (Wildman–Crippen MR) is 77.5 cm³/mol. The maximum atomic E-state index is 12.6. The van der Waals surface area contributed by atoms with Crippen molar-refractivity contribution in [3.05, 3.63) is 35.9 Å². The van der Waals surface area contributed by atoms with Gasteiger partial charge in [0.05, 0.1) is 5.69 Å². The standard InChI is InChI=1S/C14H18N4O2S/c1-10(2)13-8-15-14(18(13)12-5-6-12)21(19,20)9-11-4-3-7-16-17-11/h3-4,7-8,10,12H,5-6,9H2,1-2H3. The molecule has 1 saturated carbocycles. The minimum Gasteiger partial charge on any atom is -0.316 e. The topological polar surface area (TPSA) is 77.7 Å². The summed E-state index contributed by atoms with van der Waals surface area (Å²) in [5, 5.41) is 7.75. The maximum Gasteiger partial charge on any atom is 0.228 e. The summed E-state index contributed by atoms with van der Waals surface area (Å²) in [7, 11) is -3.51. The lowest BCUT2D eigenvalue weighted by Gasteiger charge is -2.13. The molecule has 0 N–H and O–H groups in total.